The van der Waals surface area contributed by atoms with Gasteiger partial charge in [0.05, 0.1) is 13.7 Å². The molecule has 2 heterocycles. The molecule has 7 nitrogen and oxygen atoms in total. The summed E-state index contributed by atoms with van der Waals surface area (Å²) in [5, 5.41) is 0. The Kier molecular flexibility index (Phi) is 7.25. The normalized spacial score (nSPS) is 13.9. The van der Waals surface area contributed by atoms with E-state index in [1.807, 2.05) is 25.1 Å². The zero-order valence-corrected chi connectivity index (χ0v) is 18.8. The van der Waals surface area contributed by atoms with Crippen LogP contribution in [0, 0.1) is 19.8 Å². The summed E-state index contributed by atoms with van der Waals surface area (Å²) in [6, 6.07) is 5.70. The third-order valence-corrected chi connectivity index (χ3v) is 6.30. The molecule has 3 rings (SSSR count). The van der Waals surface area contributed by atoms with Gasteiger partial charge in [-0.2, -0.15) is 0 Å². The van der Waals surface area contributed by atoms with E-state index in [1.54, 1.807) is 29.6 Å². The molecule has 1 aliphatic carbocycles. The van der Waals surface area contributed by atoms with Gasteiger partial charge in [-0.3, -0.25) is 14.6 Å². The van der Waals surface area contributed by atoms with Crippen LogP contribution in [0.25, 0.3) is 0 Å². The van der Waals surface area contributed by atoms with Crippen LogP contribution >= 0.6 is 0 Å². The molecule has 0 saturated heterocycles. The topological polar surface area (TPSA) is 81.5 Å². The van der Waals surface area contributed by atoms with Crippen molar-refractivity contribution in [2.75, 3.05) is 20.2 Å². The summed E-state index contributed by atoms with van der Waals surface area (Å²) in [5.41, 5.74) is 3.03. The minimum atomic E-state index is -0.476. The first kappa shape index (κ1) is 22.7. The fourth-order valence-electron chi connectivity index (χ4n) is 4.52. The molecule has 0 aliphatic heterocycles. The highest BCUT2D eigenvalue weighted by Crippen LogP contribution is 2.27. The van der Waals surface area contributed by atoms with Gasteiger partial charge in [-0.1, -0.05) is 18.9 Å². The molecule has 0 spiro atoms. The van der Waals surface area contributed by atoms with E-state index in [4.69, 9.17) is 4.74 Å². The van der Waals surface area contributed by atoms with E-state index in [-0.39, 0.29) is 24.2 Å². The molecule has 31 heavy (non-hydrogen) atoms. The van der Waals surface area contributed by atoms with Crippen LogP contribution in [0.1, 0.15) is 63.5 Å². The van der Waals surface area contributed by atoms with E-state index in [0.717, 1.165) is 31.4 Å². The maximum absolute atomic E-state index is 13.3. The van der Waals surface area contributed by atoms with Crippen LogP contribution in [0.3, 0.4) is 0 Å². The Morgan fingerprint density at radius 1 is 1.19 bits per heavy atom. The molecule has 0 atom stereocenters. The molecule has 0 aromatic carbocycles. The Morgan fingerprint density at radius 3 is 2.52 bits per heavy atom. The van der Waals surface area contributed by atoms with Gasteiger partial charge < -0.3 is 14.2 Å². The fourth-order valence-corrected chi connectivity index (χ4v) is 4.52. The summed E-state index contributed by atoms with van der Waals surface area (Å²) < 4.78 is 6.56. The first-order chi connectivity index (χ1) is 14.8. The molecule has 2 aromatic rings. The number of esters is 1. The zero-order chi connectivity index (χ0) is 22.5. The number of nitrogens with zero attached hydrogens (tertiary/aromatic N) is 3. The predicted octanol–water partition coefficient (Wildman–Crippen LogP) is 3.27. The molecule has 0 N–H and O–H groups in total. The summed E-state index contributed by atoms with van der Waals surface area (Å²) in [6.45, 7) is 3.99. The molecule has 1 fully saturated rings. The van der Waals surface area contributed by atoms with Crippen LogP contribution in [0.15, 0.2) is 24.4 Å². The number of pyridine rings is 1. The van der Waals surface area contributed by atoms with E-state index in [0.29, 0.717) is 35.5 Å². The number of rotatable bonds is 8. The van der Waals surface area contributed by atoms with Gasteiger partial charge >= 0.3 is 5.97 Å². The monoisotopic (exact) mass is 425 g/mol. The standard InChI is InChI=1S/C24H31N3O4/c1-16-21(17(2)26(3)22(16)24(30)31-4)20(28)15-27(23(29)18-9-5-6-10-18)14-12-19-11-7-8-13-25-19/h7-8,11,13,18H,5-6,9-10,12,14-15H2,1-4H3. The van der Waals surface area contributed by atoms with Crippen molar-refractivity contribution in [1.29, 1.82) is 0 Å². The van der Waals surface area contributed by atoms with Crippen LogP contribution in [0.5, 0.6) is 0 Å². The number of aromatic nitrogens is 2. The molecular formula is C24H31N3O4. The van der Waals surface area contributed by atoms with Crippen LogP contribution in [-0.2, 0) is 23.0 Å². The number of Topliss-reactive ketones (excluding diaryl/α,β-unsaturated/α-hetero) is 1. The number of ether oxygens (including phenoxy) is 1. The predicted molar refractivity (Wildman–Crippen MR) is 117 cm³/mol. The molecule has 1 amide bonds. The number of hydrogen-bond acceptors (Lipinski definition) is 5. The third kappa shape index (κ3) is 4.86. The van der Waals surface area contributed by atoms with Crippen LogP contribution in [0.4, 0.5) is 0 Å². The molecular weight excluding hydrogens is 394 g/mol. The summed E-state index contributed by atoms with van der Waals surface area (Å²) >= 11 is 0. The number of ketones is 1. The minimum Gasteiger partial charge on any atom is -0.464 e. The van der Waals surface area contributed by atoms with Gasteiger partial charge in [-0.05, 0) is 44.4 Å². The van der Waals surface area contributed by atoms with Gasteiger partial charge in [-0.15, -0.1) is 0 Å². The Labute approximate surface area is 183 Å². The van der Waals surface area contributed by atoms with Crippen molar-refractivity contribution in [3.05, 3.63) is 52.6 Å². The van der Waals surface area contributed by atoms with Crippen molar-refractivity contribution in [3.63, 3.8) is 0 Å². The van der Waals surface area contributed by atoms with Crippen molar-refractivity contribution >= 4 is 17.7 Å². The van der Waals surface area contributed by atoms with Crippen LogP contribution in [-0.4, -0.2) is 52.3 Å². The van der Waals surface area contributed by atoms with E-state index >= 15 is 0 Å². The molecule has 7 heteroatoms. The Balaban J connectivity index is 1.84. The number of amides is 1. The molecule has 166 valence electrons. The number of hydrogen-bond donors (Lipinski definition) is 0. The Morgan fingerprint density at radius 2 is 1.90 bits per heavy atom. The number of carbonyl (C=O) groups excluding carboxylic acids is 3. The highest BCUT2D eigenvalue weighted by atomic mass is 16.5. The van der Waals surface area contributed by atoms with Crippen molar-refractivity contribution < 1.29 is 19.1 Å². The van der Waals surface area contributed by atoms with Gasteiger partial charge in [0, 0.05) is 49.1 Å². The maximum Gasteiger partial charge on any atom is 0.354 e. The van der Waals surface area contributed by atoms with Crippen molar-refractivity contribution in [2.45, 2.75) is 46.0 Å². The summed E-state index contributed by atoms with van der Waals surface area (Å²) in [5.74, 6) is -0.606. The molecule has 1 saturated carbocycles. The smallest absolute Gasteiger partial charge is 0.354 e. The third-order valence-electron chi connectivity index (χ3n) is 6.30. The first-order valence-electron chi connectivity index (χ1n) is 10.8. The molecule has 1 aliphatic rings. The van der Waals surface area contributed by atoms with Gasteiger partial charge in [0.15, 0.2) is 5.78 Å². The van der Waals surface area contributed by atoms with Crippen molar-refractivity contribution in [2.24, 2.45) is 13.0 Å². The average molecular weight is 426 g/mol. The lowest BCUT2D eigenvalue weighted by Crippen LogP contribution is -2.40. The second-order valence-corrected chi connectivity index (χ2v) is 8.22. The molecule has 0 unspecified atom stereocenters. The average Bonchev–Trinajstić information content (AvgIpc) is 3.38. The quantitative estimate of drug-likeness (QED) is 0.479. The van der Waals surface area contributed by atoms with E-state index in [2.05, 4.69) is 4.98 Å². The lowest BCUT2D eigenvalue weighted by atomic mass is 10.0. The second kappa shape index (κ2) is 9.90. The van der Waals surface area contributed by atoms with Crippen molar-refractivity contribution in [1.82, 2.24) is 14.5 Å². The number of carbonyl (C=O) groups is 3. The summed E-state index contributed by atoms with van der Waals surface area (Å²) in [6.07, 6.45) is 6.18. The van der Waals surface area contributed by atoms with Crippen LogP contribution in [0.2, 0.25) is 0 Å². The van der Waals surface area contributed by atoms with Gasteiger partial charge in [0.1, 0.15) is 5.69 Å². The van der Waals surface area contributed by atoms with Gasteiger partial charge in [0.25, 0.3) is 0 Å². The highest BCUT2D eigenvalue weighted by Gasteiger charge is 2.31. The minimum absolute atomic E-state index is 0.00548. The molecule has 0 bridgehead atoms. The van der Waals surface area contributed by atoms with E-state index < -0.39 is 5.97 Å². The number of methoxy groups -OCH3 is 1. The summed E-state index contributed by atoms with van der Waals surface area (Å²) in [7, 11) is 3.07. The zero-order valence-electron chi connectivity index (χ0n) is 18.8. The highest BCUT2D eigenvalue weighted by molar-refractivity contribution is 6.04. The second-order valence-electron chi connectivity index (χ2n) is 8.22. The Hall–Kier alpha value is -2.96. The SMILES string of the molecule is COC(=O)c1c(C)c(C(=O)CN(CCc2ccccn2)C(=O)C2CCCC2)c(C)n1C. The van der Waals surface area contributed by atoms with Gasteiger partial charge in [-0.25, -0.2) is 4.79 Å². The Bertz CT molecular complexity index is 959. The lowest BCUT2D eigenvalue weighted by molar-refractivity contribution is -0.134. The van der Waals surface area contributed by atoms with Crippen LogP contribution < -0.4 is 0 Å². The van der Waals surface area contributed by atoms with Crippen molar-refractivity contribution in [3.8, 4) is 0 Å². The molecule has 0 radical (unpaired) electrons. The first-order valence-corrected chi connectivity index (χ1v) is 10.8. The van der Waals surface area contributed by atoms with E-state index in [9.17, 15) is 14.4 Å². The van der Waals surface area contributed by atoms with Gasteiger partial charge in [0.2, 0.25) is 5.91 Å². The largest absolute Gasteiger partial charge is 0.464 e. The maximum atomic E-state index is 13.3. The van der Waals surface area contributed by atoms with E-state index in [1.165, 1.54) is 7.11 Å². The summed E-state index contributed by atoms with van der Waals surface area (Å²) in [4.78, 5) is 44.7. The fraction of sp³-hybridized carbons (Fsp3) is 0.500. The lowest BCUT2D eigenvalue weighted by Gasteiger charge is -2.25. The molecule has 2 aromatic heterocycles.